The van der Waals surface area contributed by atoms with Crippen molar-refractivity contribution >= 4 is 5.69 Å². The molecule has 2 aromatic carbocycles. The first-order chi connectivity index (χ1) is 7.70. The van der Waals surface area contributed by atoms with Gasteiger partial charge in [0.1, 0.15) is 5.82 Å². The van der Waals surface area contributed by atoms with Crippen LogP contribution in [-0.4, -0.2) is 0 Å². The highest BCUT2D eigenvalue weighted by molar-refractivity contribution is 5.68. The number of hydrogen-bond donors (Lipinski definition) is 1. The first kappa shape index (κ1) is 10.2. The minimum absolute atomic E-state index is 0.127. The summed E-state index contributed by atoms with van der Waals surface area (Å²) in [6.07, 6.45) is 0. The topological polar surface area (TPSA) is 49.8 Å². The lowest BCUT2D eigenvalue weighted by Crippen LogP contribution is -1.90. The van der Waals surface area contributed by atoms with Gasteiger partial charge in [0.2, 0.25) is 0 Å². The number of nitrogens with two attached hydrogens (primary N) is 1. The van der Waals surface area contributed by atoms with Crippen molar-refractivity contribution in [3.8, 4) is 17.2 Å². The first-order valence-electron chi connectivity index (χ1n) is 4.76. The van der Waals surface area contributed by atoms with Crippen molar-refractivity contribution < 1.29 is 4.39 Å². The van der Waals surface area contributed by atoms with Crippen LogP contribution in [0, 0.1) is 17.1 Å². The summed E-state index contributed by atoms with van der Waals surface area (Å²) in [5.74, 6) is -0.419. The highest BCUT2D eigenvalue weighted by Crippen LogP contribution is 2.23. The van der Waals surface area contributed by atoms with Gasteiger partial charge < -0.3 is 5.73 Å². The summed E-state index contributed by atoms with van der Waals surface area (Å²) in [5.41, 5.74) is 7.95. The molecule has 0 aliphatic rings. The van der Waals surface area contributed by atoms with Crippen molar-refractivity contribution in [3.63, 3.8) is 0 Å². The summed E-state index contributed by atoms with van der Waals surface area (Å²) in [6.45, 7) is 0. The largest absolute Gasteiger partial charge is 0.396 e. The third-order valence-electron chi connectivity index (χ3n) is 2.34. The Bertz CT molecular complexity index is 553. The van der Waals surface area contributed by atoms with E-state index >= 15 is 0 Å². The van der Waals surface area contributed by atoms with E-state index in [1.54, 1.807) is 24.3 Å². The zero-order valence-electron chi connectivity index (χ0n) is 8.44. The summed E-state index contributed by atoms with van der Waals surface area (Å²) < 4.78 is 13.0. The minimum atomic E-state index is -0.419. The molecular weight excluding hydrogens is 203 g/mol. The maximum Gasteiger partial charge on any atom is 0.146 e. The van der Waals surface area contributed by atoms with Gasteiger partial charge in [-0.1, -0.05) is 18.2 Å². The number of hydrogen-bond acceptors (Lipinski definition) is 2. The Morgan fingerprint density at radius 2 is 1.62 bits per heavy atom. The van der Waals surface area contributed by atoms with Crippen molar-refractivity contribution in [1.29, 1.82) is 5.26 Å². The number of nitriles is 1. The van der Waals surface area contributed by atoms with E-state index in [2.05, 4.69) is 0 Å². The van der Waals surface area contributed by atoms with Crippen LogP contribution < -0.4 is 5.73 Å². The van der Waals surface area contributed by atoms with Gasteiger partial charge in [-0.2, -0.15) is 5.26 Å². The molecule has 0 aromatic heterocycles. The number of nitrogens with zero attached hydrogens (tertiary/aromatic N) is 1. The highest BCUT2D eigenvalue weighted by atomic mass is 19.1. The van der Waals surface area contributed by atoms with Crippen molar-refractivity contribution in [2.75, 3.05) is 5.73 Å². The Morgan fingerprint density at radius 1 is 1.00 bits per heavy atom. The third kappa shape index (κ3) is 1.86. The molecule has 0 radical (unpaired) electrons. The molecule has 2 aromatic rings. The van der Waals surface area contributed by atoms with E-state index in [0.717, 1.165) is 11.1 Å². The average molecular weight is 212 g/mol. The van der Waals surface area contributed by atoms with Gasteiger partial charge in [0.15, 0.2) is 0 Å². The number of benzene rings is 2. The van der Waals surface area contributed by atoms with E-state index in [1.807, 2.05) is 18.2 Å². The van der Waals surface area contributed by atoms with Crippen LogP contribution in [-0.2, 0) is 0 Å². The van der Waals surface area contributed by atoms with Gasteiger partial charge in [0.25, 0.3) is 0 Å². The molecule has 2 nitrogen and oxygen atoms in total. The van der Waals surface area contributed by atoms with Gasteiger partial charge in [-0.3, -0.25) is 0 Å². The third-order valence-corrected chi connectivity index (χ3v) is 2.34. The molecule has 0 heterocycles. The number of rotatable bonds is 1. The van der Waals surface area contributed by atoms with Crippen molar-refractivity contribution in [1.82, 2.24) is 0 Å². The fraction of sp³-hybridized carbons (Fsp3) is 0. The minimum Gasteiger partial charge on any atom is -0.396 e. The van der Waals surface area contributed by atoms with Crippen LogP contribution in [0.5, 0.6) is 0 Å². The average Bonchev–Trinajstić information content (AvgIpc) is 2.33. The van der Waals surface area contributed by atoms with Gasteiger partial charge in [0, 0.05) is 0 Å². The van der Waals surface area contributed by atoms with Gasteiger partial charge in [0.05, 0.1) is 17.3 Å². The molecule has 0 aliphatic carbocycles. The molecular formula is C13H9FN2. The van der Waals surface area contributed by atoms with Crippen LogP contribution >= 0.6 is 0 Å². The first-order valence-corrected chi connectivity index (χ1v) is 4.76. The van der Waals surface area contributed by atoms with E-state index < -0.39 is 5.82 Å². The smallest absolute Gasteiger partial charge is 0.146 e. The Balaban J connectivity index is 2.43. The molecule has 0 spiro atoms. The van der Waals surface area contributed by atoms with E-state index in [1.165, 1.54) is 6.07 Å². The Kier molecular flexibility index (Phi) is 2.57. The molecule has 0 amide bonds. The zero-order valence-corrected chi connectivity index (χ0v) is 8.44. The maximum absolute atomic E-state index is 13.0. The van der Waals surface area contributed by atoms with Gasteiger partial charge in [-0.05, 0) is 35.4 Å². The molecule has 78 valence electrons. The lowest BCUT2D eigenvalue weighted by molar-refractivity contribution is 0.632. The normalized spacial score (nSPS) is 9.75. The second-order valence-corrected chi connectivity index (χ2v) is 3.43. The molecule has 0 unspecified atom stereocenters. The van der Waals surface area contributed by atoms with E-state index in [0.29, 0.717) is 5.56 Å². The van der Waals surface area contributed by atoms with Crippen molar-refractivity contribution in [2.45, 2.75) is 0 Å². The van der Waals surface area contributed by atoms with Crippen LogP contribution in [0.4, 0.5) is 10.1 Å². The lowest BCUT2D eigenvalue weighted by atomic mass is 10.0. The zero-order chi connectivity index (χ0) is 11.5. The summed E-state index contributed by atoms with van der Waals surface area (Å²) in [6, 6.07) is 13.7. The molecule has 2 rings (SSSR count). The van der Waals surface area contributed by atoms with Gasteiger partial charge >= 0.3 is 0 Å². The molecule has 0 fully saturated rings. The Labute approximate surface area is 92.8 Å². The fourth-order valence-electron chi connectivity index (χ4n) is 1.46. The standard InChI is InChI=1S/C13H9FN2/c14-12-6-5-11(7-13(12)16)10-3-1-9(8-15)2-4-10/h1-7H,16H2. The van der Waals surface area contributed by atoms with Crippen LogP contribution in [0.2, 0.25) is 0 Å². The summed E-state index contributed by atoms with van der Waals surface area (Å²) >= 11 is 0. The molecule has 0 atom stereocenters. The van der Waals surface area contributed by atoms with Crippen molar-refractivity contribution in [2.24, 2.45) is 0 Å². The predicted molar refractivity (Wildman–Crippen MR) is 61.0 cm³/mol. The number of anilines is 1. The number of halogens is 1. The molecule has 0 bridgehead atoms. The van der Waals surface area contributed by atoms with Gasteiger partial charge in [-0.25, -0.2) is 4.39 Å². The monoisotopic (exact) mass is 212 g/mol. The SMILES string of the molecule is N#Cc1ccc(-c2ccc(F)c(N)c2)cc1. The molecule has 3 heteroatoms. The van der Waals surface area contributed by atoms with Crippen LogP contribution in [0.1, 0.15) is 5.56 Å². The number of nitrogen functional groups attached to an aromatic ring is 1. The second-order valence-electron chi connectivity index (χ2n) is 3.43. The quantitative estimate of drug-likeness (QED) is 0.739. The highest BCUT2D eigenvalue weighted by Gasteiger charge is 2.02. The molecule has 0 aliphatic heterocycles. The Morgan fingerprint density at radius 3 is 2.19 bits per heavy atom. The summed E-state index contributed by atoms with van der Waals surface area (Å²) in [4.78, 5) is 0. The van der Waals surface area contributed by atoms with Crippen LogP contribution in [0.15, 0.2) is 42.5 Å². The molecule has 16 heavy (non-hydrogen) atoms. The van der Waals surface area contributed by atoms with Crippen LogP contribution in [0.25, 0.3) is 11.1 Å². The summed E-state index contributed by atoms with van der Waals surface area (Å²) in [5, 5.41) is 8.66. The van der Waals surface area contributed by atoms with Crippen LogP contribution in [0.3, 0.4) is 0 Å². The lowest BCUT2D eigenvalue weighted by Gasteiger charge is -2.03. The van der Waals surface area contributed by atoms with E-state index in [9.17, 15) is 4.39 Å². The Hall–Kier alpha value is -2.34. The second kappa shape index (κ2) is 4.03. The van der Waals surface area contributed by atoms with E-state index in [4.69, 9.17) is 11.0 Å². The fourth-order valence-corrected chi connectivity index (χ4v) is 1.46. The predicted octanol–water partition coefficient (Wildman–Crippen LogP) is 2.95. The van der Waals surface area contributed by atoms with Crippen molar-refractivity contribution in [3.05, 3.63) is 53.8 Å². The maximum atomic E-state index is 13.0. The van der Waals surface area contributed by atoms with Gasteiger partial charge in [-0.15, -0.1) is 0 Å². The molecule has 0 saturated heterocycles. The van der Waals surface area contributed by atoms with E-state index in [-0.39, 0.29) is 5.69 Å². The summed E-state index contributed by atoms with van der Waals surface area (Å²) in [7, 11) is 0. The molecule has 2 N–H and O–H groups in total. The molecule has 0 saturated carbocycles.